The number of thiophene rings is 1. The van der Waals surface area contributed by atoms with E-state index in [0.29, 0.717) is 6.61 Å². The molecule has 7 heteroatoms. The molecule has 0 bridgehead atoms. The Kier molecular flexibility index (Phi) is 5.25. The van der Waals surface area contributed by atoms with Crippen molar-refractivity contribution in [2.24, 2.45) is 0 Å². The van der Waals surface area contributed by atoms with Gasteiger partial charge < -0.3 is 14.5 Å². The number of imidazole rings is 1. The Labute approximate surface area is 185 Å². The molecular formula is C24H26N4O2S. The molecule has 1 saturated heterocycles. The molecule has 4 aromatic rings. The van der Waals surface area contributed by atoms with Crippen molar-refractivity contribution < 1.29 is 9.53 Å². The molecule has 1 aliphatic heterocycles. The van der Waals surface area contributed by atoms with Crippen molar-refractivity contribution in [1.29, 1.82) is 0 Å². The standard InChI is InChI=1S/C24H26N4O2S/c1-15-8-9-28-18(16(2)26-21(28)12-15)13-27-10-11-30-19(14-27)22-17-6-4-5-7-20(17)31-23(22)24(29)25-3/h4-9,12,19H,10-11,13-14H2,1-3H3,(H,25,29)/t19-/m1/s1. The molecular weight excluding hydrogens is 408 g/mol. The molecule has 4 heterocycles. The van der Waals surface area contributed by atoms with Crippen molar-refractivity contribution in [2.45, 2.75) is 26.5 Å². The summed E-state index contributed by atoms with van der Waals surface area (Å²) in [4.78, 5) is 20.5. The van der Waals surface area contributed by atoms with Gasteiger partial charge in [-0.05, 0) is 43.0 Å². The van der Waals surface area contributed by atoms with Gasteiger partial charge in [0, 0.05) is 43.1 Å². The van der Waals surface area contributed by atoms with Crippen LogP contribution in [0.15, 0.2) is 42.6 Å². The van der Waals surface area contributed by atoms with Crippen molar-refractivity contribution in [2.75, 3.05) is 26.7 Å². The number of carbonyl (C=O) groups excluding carboxylic acids is 1. The molecule has 1 aromatic carbocycles. The monoisotopic (exact) mass is 434 g/mol. The predicted octanol–water partition coefficient (Wildman–Crippen LogP) is 4.10. The van der Waals surface area contributed by atoms with Crippen LogP contribution in [0.5, 0.6) is 0 Å². The summed E-state index contributed by atoms with van der Waals surface area (Å²) in [6.45, 7) is 7.19. The predicted molar refractivity (Wildman–Crippen MR) is 124 cm³/mol. The number of nitrogens with zero attached hydrogens (tertiary/aromatic N) is 3. The van der Waals surface area contributed by atoms with Gasteiger partial charge >= 0.3 is 0 Å². The molecule has 6 nitrogen and oxygen atoms in total. The van der Waals surface area contributed by atoms with Gasteiger partial charge in [-0.1, -0.05) is 18.2 Å². The van der Waals surface area contributed by atoms with Crippen molar-refractivity contribution in [3.63, 3.8) is 0 Å². The molecule has 3 aromatic heterocycles. The first kappa shape index (κ1) is 20.2. The molecule has 0 radical (unpaired) electrons. The highest BCUT2D eigenvalue weighted by Gasteiger charge is 2.30. The second-order valence-electron chi connectivity index (χ2n) is 8.09. The van der Waals surface area contributed by atoms with Crippen molar-refractivity contribution in [3.05, 3.63) is 70.0 Å². The average Bonchev–Trinajstić information content (AvgIpc) is 3.31. The second kappa shape index (κ2) is 8.07. The number of ether oxygens (including phenoxy) is 1. The van der Waals surface area contributed by atoms with Crippen LogP contribution in [0, 0.1) is 13.8 Å². The van der Waals surface area contributed by atoms with Gasteiger partial charge in [-0.15, -0.1) is 11.3 Å². The Hall–Kier alpha value is -2.74. The molecule has 1 N–H and O–H groups in total. The quantitative estimate of drug-likeness (QED) is 0.525. The summed E-state index contributed by atoms with van der Waals surface area (Å²) in [5, 5.41) is 3.90. The SMILES string of the molecule is CNC(=O)c1sc2ccccc2c1[C@H]1CN(Cc2c(C)nc3cc(C)ccn23)CCO1. The smallest absolute Gasteiger partial charge is 0.261 e. The number of aromatic nitrogens is 2. The van der Waals surface area contributed by atoms with Crippen molar-refractivity contribution in [3.8, 4) is 0 Å². The minimum absolute atomic E-state index is 0.0510. The molecule has 0 unspecified atom stereocenters. The fourth-order valence-corrected chi connectivity index (χ4v) is 5.61. The maximum absolute atomic E-state index is 12.6. The van der Waals surface area contributed by atoms with E-state index < -0.39 is 0 Å². The Morgan fingerprint density at radius 3 is 2.97 bits per heavy atom. The van der Waals surface area contributed by atoms with Gasteiger partial charge in [-0.25, -0.2) is 4.98 Å². The lowest BCUT2D eigenvalue weighted by atomic mass is 10.0. The number of rotatable bonds is 4. The lowest BCUT2D eigenvalue weighted by Gasteiger charge is -2.33. The summed E-state index contributed by atoms with van der Waals surface area (Å²) in [6.07, 6.45) is 1.97. The van der Waals surface area contributed by atoms with Gasteiger partial charge in [0.2, 0.25) is 0 Å². The Morgan fingerprint density at radius 2 is 2.13 bits per heavy atom. The molecule has 1 amide bonds. The van der Waals surface area contributed by atoms with Crippen LogP contribution in [-0.2, 0) is 11.3 Å². The van der Waals surface area contributed by atoms with Gasteiger partial charge in [-0.2, -0.15) is 0 Å². The zero-order chi connectivity index (χ0) is 21.5. The Bertz CT molecular complexity index is 1280. The summed E-state index contributed by atoms with van der Waals surface area (Å²) in [5.41, 5.74) is 5.47. The van der Waals surface area contributed by atoms with Crippen LogP contribution in [0.2, 0.25) is 0 Å². The number of hydrogen-bond donors (Lipinski definition) is 1. The lowest BCUT2D eigenvalue weighted by Crippen LogP contribution is -2.38. The van der Waals surface area contributed by atoms with Crippen LogP contribution in [-0.4, -0.2) is 46.9 Å². The summed E-state index contributed by atoms with van der Waals surface area (Å²) < 4.78 is 9.51. The van der Waals surface area contributed by atoms with E-state index in [0.717, 1.165) is 51.5 Å². The Morgan fingerprint density at radius 1 is 1.29 bits per heavy atom. The fraction of sp³-hybridized carbons (Fsp3) is 0.333. The van der Waals surface area contributed by atoms with Crippen LogP contribution in [0.1, 0.15) is 38.3 Å². The third-order valence-electron chi connectivity index (χ3n) is 5.99. The summed E-state index contributed by atoms with van der Waals surface area (Å²) in [7, 11) is 1.68. The van der Waals surface area contributed by atoms with Crippen molar-refractivity contribution in [1.82, 2.24) is 19.6 Å². The van der Waals surface area contributed by atoms with Gasteiger partial charge in [0.05, 0.1) is 29.0 Å². The maximum atomic E-state index is 12.6. The molecule has 1 fully saturated rings. The fourth-order valence-electron chi connectivity index (χ4n) is 4.41. The molecule has 1 aliphatic rings. The van der Waals surface area contributed by atoms with Crippen molar-refractivity contribution >= 4 is 33.0 Å². The average molecular weight is 435 g/mol. The molecule has 31 heavy (non-hydrogen) atoms. The first-order valence-corrected chi connectivity index (χ1v) is 11.4. The van der Waals surface area contributed by atoms with Crippen LogP contribution in [0.3, 0.4) is 0 Å². The van der Waals surface area contributed by atoms with Gasteiger partial charge in [0.15, 0.2) is 0 Å². The van der Waals surface area contributed by atoms with E-state index in [1.54, 1.807) is 7.05 Å². The van der Waals surface area contributed by atoms with E-state index in [-0.39, 0.29) is 12.0 Å². The molecule has 1 atom stereocenters. The highest BCUT2D eigenvalue weighted by atomic mass is 32.1. The van der Waals surface area contributed by atoms with E-state index >= 15 is 0 Å². The van der Waals surface area contributed by atoms with E-state index in [4.69, 9.17) is 9.72 Å². The van der Waals surface area contributed by atoms with Crippen LogP contribution in [0.4, 0.5) is 0 Å². The summed E-state index contributed by atoms with van der Waals surface area (Å²) in [6, 6.07) is 12.4. The first-order valence-electron chi connectivity index (χ1n) is 10.6. The number of fused-ring (bicyclic) bond motifs is 2. The number of nitrogens with one attached hydrogen (secondary N) is 1. The number of amides is 1. The summed E-state index contributed by atoms with van der Waals surface area (Å²) in [5.74, 6) is -0.0510. The van der Waals surface area contributed by atoms with Gasteiger partial charge in [-0.3, -0.25) is 9.69 Å². The minimum Gasteiger partial charge on any atom is -0.371 e. The minimum atomic E-state index is -0.140. The number of pyridine rings is 1. The van der Waals surface area contributed by atoms with Gasteiger partial charge in [0.25, 0.3) is 5.91 Å². The number of hydrogen-bond acceptors (Lipinski definition) is 5. The molecule has 0 saturated carbocycles. The van der Waals surface area contributed by atoms with Crippen LogP contribution in [0.25, 0.3) is 15.7 Å². The van der Waals surface area contributed by atoms with E-state index in [9.17, 15) is 4.79 Å². The largest absolute Gasteiger partial charge is 0.371 e. The van der Waals surface area contributed by atoms with E-state index in [1.807, 2.05) is 12.1 Å². The zero-order valence-electron chi connectivity index (χ0n) is 18.0. The molecule has 5 rings (SSSR count). The third-order valence-corrected chi connectivity index (χ3v) is 7.18. The molecule has 160 valence electrons. The lowest BCUT2D eigenvalue weighted by molar-refractivity contribution is -0.0328. The Balaban J connectivity index is 1.47. The number of carbonyl (C=O) groups is 1. The number of aryl methyl sites for hydroxylation is 2. The van der Waals surface area contributed by atoms with Gasteiger partial charge in [0.1, 0.15) is 5.65 Å². The van der Waals surface area contributed by atoms with Crippen LogP contribution >= 0.6 is 11.3 Å². The topological polar surface area (TPSA) is 58.9 Å². The molecule has 0 aliphatic carbocycles. The van der Waals surface area contributed by atoms with E-state index in [1.165, 1.54) is 22.6 Å². The zero-order valence-corrected chi connectivity index (χ0v) is 18.8. The van der Waals surface area contributed by atoms with E-state index in [2.05, 4.69) is 58.9 Å². The van der Waals surface area contributed by atoms with Crippen LogP contribution < -0.4 is 5.32 Å². The second-order valence-corrected chi connectivity index (χ2v) is 9.14. The number of morpholine rings is 1. The maximum Gasteiger partial charge on any atom is 0.261 e. The summed E-state index contributed by atoms with van der Waals surface area (Å²) >= 11 is 1.54. The third kappa shape index (κ3) is 3.63. The highest BCUT2D eigenvalue weighted by Crippen LogP contribution is 2.38. The number of benzene rings is 1. The molecule has 0 spiro atoms. The highest BCUT2D eigenvalue weighted by molar-refractivity contribution is 7.21. The first-order chi connectivity index (χ1) is 15.0. The normalized spacial score (nSPS) is 17.5.